The molecule has 124 valence electrons. The highest BCUT2D eigenvalue weighted by Gasteiger charge is 2.53. The Labute approximate surface area is 151 Å². The van der Waals surface area contributed by atoms with E-state index < -0.39 is 0 Å². The van der Waals surface area contributed by atoms with Gasteiger partial charge in [0.25, 0.3) is 5.91 Å². The van der Waals surface area contributed by atoms with Crippen molar-refractivity contribution >= 4 is 33.4 Å². The minimum absolute atomic E-state index is 0.0421. The molecule has 1 amide bonds. The van der Waals surface area contributed by atoms with E-state index in [9.17, 15) is 4.79 Å². The van der Waals surface area contributed by atoms with Crippen LogP contribution in [0.1, 0.15) is 55.8 Å². The van der Waals surface area contributed by atoms with E-state index in [0.717, 1.165) is 22.2 Å². The van der Waals surface area contributed by atoms with E-state index in [4.69, 9.17) is 11.6 Å². The quantitative estimate of drug-likeness (QED) is 0.724. The zero-order valence-electron chi connectivity index (χ0n) is 13.4. The second kappa shape index (κ2) is 5.77. The molecule has 0 spiro atoms. The summed E-state index contributed by atoms with van der Waals surface area (Å²) in [5.74, 6) is 2.65. The molecule has 0 aromatic heterocycles. The molecule has 1 N–H and O–H groups in total. The normalized spacial score (nSPS) is 36.0. The van der Waals surface area contributed by atoms with Gasteiger partial charge in [-0.15, -0.1) is 0 Å². The third-order valence-corrected chi connectivity index (χ3v) is 7.35. The molecule has 4 heteroatoms. The Kier molecular flexibility index (Phi) is 4.00. The number of halogens is 2. The Morgan fingerprint density at radius 2 is 1.78 bits per heavy atom. The molecule has 5 rings (SSSR count). The summed E-state index contributed by atoms with van der Waals surface area (Å²) in [6.07, 6.45) is 8.18. The van der Waals surface area contributed by atoms with Gasteiger partial charge in [0.05, 0.1) is 10.6 Å². The molecule has 4 fully saturated rings. The summed E-state index contributed by atoms with van der Waals surface area (Å²) in [5.41, 5.74) is 0.890. The number of hydrogen-bond donors (Lipinski definition) is 1. The summed E-state index contributed by atoms with van der Waals surface area (Å²) in [7, 11) is 0. The second-order valence-electron chi connectivity index (χ2n) is 8.10. The fourth-order valence-electron chi connectivity index (χ4n) is 5.81. The van der Waals surface area contributed by atoms with E-state index in [1.165, 1.54) is 38.5 Å². The Hall–Kier alpha value is -0.540. The van der Waals surface area contributed by atoms with Crippen LogP contribution in [0.3, 0.4) is 0 Å². The van der Waals surface area contributed by atoms with Crippen LogP contribution in [-0.4, -0.2) is 11.9 Å². The van der Waals surface area contributed by atoms with Gasteiger partial charge in [-0.25, -0.2) is 0 Å². The first-order valence-corrected chi connectivity index (χ1v) is 9.88. The van der Waals surface area contributed by atoms with Crippen LogP contribution in [0.15, 0.2) is 22.7 Å². The van der Waals surface area contributed by atoms with Crippen molar-refractivity contribution in [3.8, 4) is 0 Å². The van der Waals surface area contributed by atoms with Gasteiger partial charge in [-0.05, 0) is 86.8 Å². The predicted octanol–water partition coefficient (Wildman–Crippen LogP) is 5.44. The van der Waals surface area contributed by atoms with Gasteiger partial charge in [-0.2, -0.15) is 0 Å². The molecule has 4 aliphatic carbocycles. The highest BCUT2D eigenvalue weighted by atomic mass is 79.9. The molecule has 0 saturated heterocycles. The SMILES string of the molecule is C[C@@H](NC(=O)c1cc(Br)ccc1Cl)C12CC3CC(CC(C3)C1)C2. The van der Waals surface area contributed by atoms with E-state index in [2.05, 4.69) is 28.2 Å². The topological polar surface area (TPSA) is 29.1 Å². The molecule has 0 radical (unpaired) electrons. The highest BCUT2D eigenvalue weighted by Crippen LogP contribution is 2.61. The van der Waals surface area contributed by atoms with Gasteiger partial charge in [0.1, 0.15) is 0 Å². The zero-order valence-corrected chi connectivity index (χ0v) is 15.8. The smallest absolute Gasteiger partial charge is 0.253 e. The Bertz CT molecular complexity index is 609. The fraction of sp³-hybridized carbons (Fsp3) is 0.632. The number of carbonyl (C=O) groups is 1. The standard InChI is InChI=1S/C19H23BrClNO/c1-11(22-18(23)16-7-15(20)2-3-17(16)21)19-8-12-4-13(9-19)6-14(5-12)10-19/h2-3,7,11-14H,4-6,8-10H2,1H3,(H,22,23)/t11-,12?,13?,14?,19?/m1/s1. The van der Waals surface area contributed by atoms with Crippen molar-refractivity contribution in [2.75, 3.05) is 0 Å². The number of carbonyl (C=O) groups excluding carboxylic acids is 1. The first-order valence-electron chi connectivity index (χ1n) is 8.71. The Morgan fingerprint density at radius 1 is 1.22 bits per heavy atom. The van der Waals surface area contributed by atoms with E-state index in [1.54, 1.807) is 6.07 Å². The minimum Gasteiger partial charge on any atom is -0.349 e. The third kappa shape index (κ3) is 2.84. The number of nitrogens with one attached hydrogen (secondary N) is 1. The van der Waals surface area contributed by atoms with Crippen LogP contribution in [0, 0.1) is 23.2 Å². The van der Waals surface area contributed by atoms with E-state index in [1.807, 2.05) is 12.1 Å². The Morgan fingerprint density at radius 3 is 2.35 bits per heavy atom. The molecule has 4 bridgehead atoms. The molecule has 0 aliphatic heterocycles. The lowest BCUT2D eigenvalue weighted by atomic mass is 9.48. The summed E-state index contributed by atoms with van der Waals surface area (Å²) in [6.45, 7) is 2.21. The first-order chi connectivity index (χ1) is 10.9. The van der Waals surface area contributed by atoms with Crippen molar-refractivity contribution in [1.82, 2.24) is 5.32 Å². The Balaban J connectivity index is 1.52. The lowest BCUT2D eigenvalue weighted by Crippen LogP contribution is -2.55. The molecule has 2 nitrogen and oxygen atoms in total. The molecule has 4 aliphatic rings. The summed E-state index contributed by atoms with van der Waals surface area (Å²) in [6, 6.07) is 5.67. The summed E-state index contributed by atoms with van der Waals surface area (Å²) in [4.78, 5) is 12.7. The van der Waals surface area contributed by atoms with Crippen molar-refractivity contribution in [3.63, 3.8) is 0 Å². The lowest BCUT2D eigenvalue weighted by Gasteiger charge is -2.59. The largest absolute Gasteiger partial charge is 0.349 e. The van der Waals surface area contributed by atoms with Crippen LogP contribution in [0.25, 0.3) is 0 Å². The van der Waals surface area contributed by atoms with E-state index >= 15 is 0 Å². The number of benzene rings is 1. The van der Waals surface area contributed by atoms with Crippen LogP contribution in [0.2, 0.25) is 5.02 Å². The number of amides is 1. The molecule has 0 unspecified atom stereocenters. The lowest BCUT2D eigenvalue weighted by molar-refractivity contribution is -0.0688. The molecule has 1 aromatic carbocycles. The van der Waals surface area contributed by atoms with Crippen molar-refractivity contribution in [2.24, 2.45) is 23.2 Å². The van der Waals surface area contributed by atoms with E-state index in [0.29, 0.717) is 16.0 Å². The summed E-state index contributed by atoms with van der Waals surface area (Å²) < 4.78 is 0.884. The van der Waals surface area contributed by atoms with Gasteiger partial charge < -0.3 is 5.32 Å². The molecule has 1 atom stereocenters. The fourth-order valence-corrected chi connectivity index (χ4v) is 6.37. The van der Waals surface area contributed by atoms with Crippen molar-refractivity contribution in [1.29, 1.82) is 0 Å². The van der Waals surface area contributed by atoms with Gasteiger partial charge >= 0.3 is 0 Å². The number of hydrogen-bond acceptors (Lipinski definition) is 1. The molecule has 4 saturated carbocycles. The van der Waals surface area contributed by atoms with Crippen LogP contribution in [0.5, 0.6) is 0 Å². The minimum atomic E-state index is -0.0421. The average molecular weight is 397 g/mol. The van der Waals surface area contributed by atoms with Crippen molar-refractivity contribution in [3.05, 3.63) is 33.3 Å². The van der Waals surface area contributed by atoms with Crippen LogP contribution in [-0.2, 0) is 0 Å². The van der Waals surface area contributed by atoms with Gasteiger partial charge in [0.2, 0.25) is 0 Å². The second-order valence-corrected chi connectivity index (χ2v) is 9.42. The molecular formula is C19H23BrClNO. The van der Waals surface area contributed by atoms with Crippen molar-refractivity contribution in [2.45, 2.75) is 51.5 Å². The van der Waals surface area contributed by atoms with Gasteiger partial charge in [-0.1, -0.05) is 27.5 Å². The maximum absolute atomic E-state index is 12.7. The maximum atomic E-state index is 12.7. The summed E-state index contributed by atoms with van der Waals surface area (Å²) in [5, 5.41) is 3.79. The highest BCUT2D eigenvalue weighted by molar-refractivity contribution is 9.10. The molecule has 1 aromatic rings. The average Bonchev–Trinajstić information content (AvgIpc) is 2.48. The maximum Gasteiger partial charge on any atom is 0.253 e. The monoisotopic (exact) mass is 395 g/mol. The molecular weight excluding hydrogens is 374 g/mol. The summed E-state index contributed by atoms with van der Waals surface area (Å²) >= 11 is 9.64. The number of rotatable bonds is 3. The van der Waals surface area contributed by atoms with Crippen LogP contribution < -0.4 is 5.32 Å². The molecule has 0 heterocycles. The van der Waals surface area contributed by atoms with Gasteiger partial charge in [0, 0.05) is 10.5 Å². The van der Waals surface area contributed by atoms with Crippen LogP contribution in [0.4, 0.5) is 0 Å². The zero-order chi connectivity index (χ0) is 16.2. The predicted molar refractivity (Wildman–Crippen MR) is 96.7 cm³/mol. The third-order valence-electron chi connectivity index (χ3n) is 6.52. The van der Waals surface area contributed by atoms with E-state index in [-0.39, 0.29) is 11.9 Å². The van der Waals surface area contributed by atoms with Crippen LogP contribution >= 0.6 is 27.5 Å². The molecule has 23 heavy (non-hydrogen) atoms. The first kappa shape index (κ1) is 16.0. The van der Waals surface area contributed by atoms with Crippen molar-refractivity contribution < 1.29 is 4.79 Å². The van der Waals surface area contributed by atoms with Gasteiger partial charge in [-0.3, -0.25) is 4.79 Å². The van der Waals surface area contributed by atoms with Gasteiger partial charge in [0.15, 0.2) is 0 Å².